The van der Waals surface area contributed by atoms with Gasteiger partial charge in [0.05, 0.1) is 17.6 Å². The number of benzene rings is 2. The van der Waals surface area contributed by atoms with E-state index in [4.69, 9.17) is 0 Å². The largest absolute Gasteiger partial charge is 0.323 e. The van der Waals surface area contributed by atoms with Crippen molar-refractivity contribution < 1.29 is 13.2 Å². The predicted molar refractivity (Wildman–Crippen MR) is 105 cm³/mol. The van der Waals surface area contributed by atoms with Gasteiger partial charge in [0.1, 0.15) is 6.04 Å². The van der Waals surface area contributed by atoms with Gasteiger partial charge < -0.3 is 5.32 Å². The number of rotatable bonds is 6. The first-order chi connectivity index (χ1) is 11.7. The zero-order valence-corrected chi connectivity index (χ0v) is 16.3. The van der Waals surface area contributed by atoms with Crippen LogP contribution in [0.2, 0.25) is 0 Å². The Hall–Kier alpha value is -1.99. The molecule has 25 heavy (non-hydrogen) atoms. The third-order valence-corrected chi connectivity index (χ3v) is 5.78. The molecule has 1 amide bonds. The van der Waals surface area contributed by atoms with Crippen molar-refractivity contribution in [2.45, 2.75) is 24.8 Å². The molecule has 1 N–H and O–H groups in total. The summed E-state index contributed by atoms with van der Waals surface area (Å²) in [4.78, 5) is 13.6. The summed E-state index contributed by atoms with van der Waals surface area (Å²) in [6.45, 7) is 3.50. The molecule has 0 aliphatic rings. The minimum absolute atomic E-state index is 0.382. The summed E-state index contributed by atoms with van der Waals surface area (Å²) >= 11 is 1.51. The second-order valence-corrected chi connectivity index (χ2v) is 8.47. The van der Waals surface area contributed by atoms with Gasteiger partial charge in [0, 0.05) is 4.90 Å². The Kier molecular flexibility index (Phi) is 6.13. The maximum absolute atomic E-state index is 12.7. The number of nitrogens with zero attached hydrogens (tertiary/aromatic N) is 1. The molecule has 0 spiro atoms. The molecule has 0 aromatic heterocycles. The topological polar surface area (TPSA) is 66.5 Å². The van der Waals surface area contributed by atoms with Gasteiger partial charge in [-0.3, -0.25) is 9.10 Å². The summed E-state index contributed by atoms with van der Waals surface area (Å²) in [6, 6.07) is 13.6. The molecule has 0 unspecified atom stereocenters. The molecule has 2 aromatic carbocycles. The molecule has 0 bridgehead atoms. The van der Waals surface area contributed by atoms with Crippen LogP contribution < -0.4 is 9.62 Å². The highest BCUT2D eigenvalue weighted by Crippen LogP contribution is 2.26. The summed E-state index contributed by atoms with van der Waals surface area (Å²) in [5.41, 5.74) is 2.15. The molecule has 0 saturated carbocycles. The molecular formula is C18H22N2O3S2. The average Bonchev–Trinajstić information content (AvgIpc) is 2.56. The average molecular weight is 379 g/mol. The smallest absolute Gasteiger partial charge is 0.248 e. The lowest BCUT2D eigenvalue weighted by atomic mass is 10.2. The van der Waals surface area contributed by atoms with Crippen LogP contribution in [0.5, 0.6) is 0 Å². The third kappa shape index (κ3) is 4.76. The summed E-state index contributed by atoms with van der Waals surface area (Å²) in [6.07, 6.45) is 3.02. The fourth-order valence-corrected chi connectivity index (χ4v) is 4.21. The van der Waals surface area contributed by atoms with Crippen LogP contribution in [0.25, 0.3) is 0 Å². The molecule has 0 aliphatic heterocycles. The Morgan fingerprint density at radius 3 is 2.28 bits per heavy atom. The molecule has 0 aliphatic carbocycles. The van der Waals surface area contributed by atoms with E-state index in [0.717, 1.165) is 21.0 Å². The van der Waals surface area contributed by atoms with Crippen LogP contribution in [-0.4, -0.2) is 32.9 Å². The van der Waals surface area contributed by atoms with E-state index in [1.54, 1.807) is 25.1 Å². The molecule has 2 rings (SSSR count). The normalized spacial score (nSPS) is 12.5. The van der Waals surface area contributed by atoms with Crippen molar-refractivity contribution in [3.05, 3.63) is 54.1 Å². The van der Waals surface area contributed by atoms with Crippen LogP contribution in [0, 0.1) is 6.92 Å². The molecule has 0 radical (unpaired) electrons. The fraction of sp³-hybridized carbons (Fsp3) is 0.278. The highest BCUT2D eigenvalue weighted by molar-refractivity contribution is 7.98. The lowest BCUT2D eigenvalue weighted by Crippen LogP contribution is -2.45. The van der Waals surface area contributed by atoms with Crippen molar-refractivity contribution in [3.8, 4) is 0 Å². The van der Waals surface area contributed by atoms with E-state index >= 15 is 0 Å². The number of hydrogen-bond acceptors (Lipinski definition) is 4. The van der Waals surface area contributed by atoms with E-state index in [0.29, 0.717) is 11.4 Å². The predicted octanol–water partition coefficient (Wildman–Crippen LogP) is 3.51. The van der Waals surface area contributed by atoms with Gasteiger partial charge in [-0.1, -0.05) is 29.8 Å². The SMILES string of the molecule is CSc1ccccc1NC(=O)[C@H](C)N(c1ccc(C)cc1)S(C)(=O)=O. The van der Waals surface area contributed by atoms with E-state index in [1.807, 2.05) is 43.5 Å². The van der Waals surface area contributed by atoms with E-state index in [9.17, 15) is 13.2 Å². The molecule has 0 heterocycles. The number of amides is 1. The van der Waals surface area contributed by atoms with Crippen molar-refractivity contribution in [2.75, 3.05) is 22.1 Å². The standard InChI is InChI=1S/C18H22N2O3S2/c1-13-9-11-15(12-10-13)20(25(4,22)23)14(2)18(21)19-16-7-5-6-8-17(16)24-3/h5-12,14H,1-4H3,(H,19,21)/t14-/m0/s1. The molecular weight excluding hydrogens is 356 g/mol. The highest BCUT2D eigenvalue weighted by atomic mass is 32.2. The minimum Gasteiger partial charge on any atom is -0.323 e. The number of aryl methyl sites for hydroxylation is 1. The highest BCUT2D eigenvalue weighted by Gasteiger charge is 2.29. The van der Waals surface area contributed by atoms with E-state index in [1.165, 1.54) is 11.8 Å². The lowest BCUT2D eigenvalue weighted by molar-refractivity contribution is -0.116. The molecule has 5 nitrogen and oxygen atoms in total. The van der Waals surface area contributed by atoms with Gasteiger partial charge in [-0.2, -0.15) is 0 Å². The quantitative estimate of drug-likeness (QED) is 0.781. The molecule has 1 atom stereocenters. The Balaban J connectivity index is 2.31. The van der Waals surface area contributed by atoms with Crippen molar-refractivity contribution in [2.24, 2.45) is 0 Å². The van der Waals surface area contributed by atoms with E-state index < -0.39 is 16.1 Å². The van der Waals surface area contributed by atoms with Crippen molar-refractivity contribution in [3.63, 3.8) is 0 Å². The van der Waals surface area contributed by atoms with Crippen LogP contribution >= 0.6 is 11.8 Å². The van der Waals surface area contributed by atoms with Crippen LogP contribution in [0.3, 0.4) is 0 Å². The number of sulfonamides is 1. The Morgan fingerprint density at radius 1 is 1.12 bits per heavy atom. The number of anilines is 2. The molecule has 0 fully saturated rings. The summed E-state index contributed by atoms with van der Waals surface area (Å²) < 4.78 is 25.7. The summed E-state index contributed by atoms with van der Waals surface area (Å²) in [5.74, 6) is -0.382. The maximum Gasteiger partial charge on any atom is 0.248 e. The fourth-order valence-electron chi connectivity index (χ4n) is 2.49. The Labute approximate surface area is 153 Å². The molecule has 7 heteroatoms. The van der Waals surface area contributed by atoms with Gasteiger partial charge in [-0.15, -0.1) is 11.8 Å². The zero-order chi connectivity index (χ0) is 18.6. The van der Waals surface area contributed by atoms with E-state index in [2.05, 4.69) is 5.32 Å². The van der Waals surface area contributed by atoms with E-state index in [-0.39, 0.29) is 5.91 Å². The second-order valence-electron chi connectivity index (χ2n) is 5.76. The molecule has 0 saturated heterocycles. The van der Waals surface area contributed by atoms with Gasteiger partial charge in [0.15, 0.2) is 0 Å². The zero-order valence-electron chi connectivity index (χ0n) is 14.7. The molecule has 2 aromatic rings. The van der Waals surface area contributed by atoms with Crippen molar-refractivity contribution >= 4 is 39.1 Å². The van der Waals surface area contributed by atoms with Gasteiger partial charge in [-0.25, -0.2) is 8.42 Å². The monoisotopic (exact) mass is 378 g/mol. The lowest BCUT2D eigenvalue weighted by Gasteiger charge is -2.28. The number of carbonyl (C=O) groups is 1. The number of thioether (sulfide) groups is 1. The Morgan fingerprint density at radius 2 is 1.72 bits per heavy atom. The van der Waals surface area contributed by atoms with Crippen molar-refractivity contribution in [1.82, 2.24) is 0 Å². The first-order valence-electron chi connectivity index (χ1n) is 7.74. The number of para-hydroxylation sites is 1. The number of nitrogens with one attached hydrogen (secondary N) is 1. The van der Waals surface area contributed by atoms with Crippen LogP contribution in [0.15, 0.2) is 53.4 Å². The number of hydrogen-bond donors (Lipinski definition) is 1. The minimum atomic E-state index is -3.62. The molecule has 134 valence electrons. The summed E-state index contributed by atoms with van der Waals surface area (Å²) in [7, 11) is -3.62. The van der Waals surface area contributed by atoms with Gasteiger partial charge in [-0.05, 0) is 44.4 Å². The van der Waals surface area contributed by atoms with Crippen LogP contribution in [0.1, 0.15) is 12.5 Å². The van der Waals surface area contributed by atoms with Crippen molar-refractivity contribution in [1.29, 1.82) is 0 Å². The van der Waals surface area contributed by atoms with Gasteiger partial charge >= 0.3 is 0 Å². The van der Waals surface area contributed by atoms with Crippen LogP contribution in [0.4, 0.5) is 11.4 Å². The third-order valence-electron chi connectivity index (χ3n) is 3.74. The maximum atomic E-state index is 12.7. The van der Waals surface area contributed by atoms with Crippen LogP contribution in [-0.2, 0) is 14.8 Å². The first kappa shape index (κ1) is 19.3. The first-order valence-corrected chi connectivity index (χ1v) is 10.8. The van der Waals surface area contributed by atoms with Gasteiger partial charge in [0.25, 0.3) is 0 Å². The van der Waals surface area contributed by atoms with Gasteiger partial charge in [0.2, 0.25) is 15.9 Å². The second kappa shape index (κ2) is 7.93. The summed E-state index contributed by atoms with van der Waals surface area (Å²) in [5, 5.41) is 2.83. The number of carbonyl (C=O) groups excluding carboxylic acids is 1. The Bertz CT molecular complexity index is 849.